The van der Waals surface area contributed by atoms with Crippen LogP contribution in [-0.4, -0.2) is 53.2 Å². The lowest BCUT2D eigenvalue weighted by Gasteiger charge is -2.26. The highest BCUT2D eigenvalue weighted by atomic mass is 16.5. The molecule has 2 aromatic rings. The summed E-state index contributed by atoms with van der Waals surface area (Å²) in [6.07, 6.45) is 5.03. The first kappa shape index (κ1) is 17.6. The van der Waals surface area contributed by atoms with Gasteiger partial charge < -0.3 is 14.6 Å². The van der Waals surface area contributed by atoms with Crippen LogP contribution >= 0.6 is 0 Å². The highest BCUT2D eigenvalue weighted by molar-refractivity contribution is 5.76. The van der Waals surface area contributed by atoms with Crippen molar-refractivity contribution < 1.29 is 9.53 Å². The first-order valence-electron chi connectivity index (χ1n) is 8.85. The SMILES string of the molecule is Cn1ccnc1[C@H](NC(=O)CCCN1CCOCC1)c1ccccc1. The molecule has 2 heterocycles. The summed E-state index contributed by atoms with van der Waals surface area (Å²) < 4.78 is 7.30. The van der Waals surface area contributed by atoms with Gasteiger partial charge in [-0.05, 0) is 18.5 Å². The van der Waals surface area contributed by atoms with Crippen LogP contribution in [0.3, 0.4) is 0 Å². The van der Waals surface area contributed by atoms with Crippen LogP contribution in [0.4, 0.5) is 0 Å². The Morgan fingerprint density at radius 3 is 2.72 bits per heavy atom. The van der Waals surface area contributed by atoms with E-state index in [2.05, 4.69) is 15.2 Å². The summed E-state index contributed by atoms with van der Waals surface area (Å²) in [7, 11) is 1.95. The van der Waals surface area contributed by atoms with E-state index in [9.17, 15) is 4.79 Å². The Kier molecular flexibility index (Phi) is 6.19. The number of imidazole rings is 1. The van der Waals surface area contributed by atoms with Crippen molar-refractivity contribution in [2.75, 3.05) is 32.8 Å². The van der Waals surface area contributed by atoms with E-state index in [1.54, 1.807) is 6.20 Å². The summed E-state index contributed by atoms with van der Waals surface area (Å²) in [5.41, 5.74) is 1.04. The first-order chi connectivity index (χ1) is 12.2. The predicted molar refractivity (Wildman–Crippen MR) is 96.1 cm³/mol. The summed E-state index contributed by atoms with van der Waals surface area (Å²) in [6, 6.07) is 9.76. The highest BCUT2D eigenvalue weighted by Gasteiger charge is 2.20. The highest BCUT2D eigenvalue weighted by Crippen LogP contribution is 2.20. The molecule has 0 radical (unpaired) electrons. The van der Waals surface area contributed by atoms with Gasteiger partial charge in [0.05, 0.1) is 13.2 Å². The zero-order valence-corrected chi connectivity index (χ0v) is 14.7. The average Bonchev–Trinajstić information content (AvgIpc) is 3.07. The second-order valence-electron chi connectivity index (χ2n) is 6.37. The summed E-state index contributed by atoms with van der Waals surface area (Å²) in [5, 5.41) is 3.15. The third-order valence-corrected chi connectivity index (χ3v) is 4.54. The van der Waals surface area contributed by atoms with Gasteiger partial charge in [0.1, 0.15) is 11.9 Å². The molecular formula is C19H26N4O2. The molecule has 134 valence electrons. The van der Waals surface area contributed by atoms with Crippen molar-refractivity contribution in [2.45, 2.75) is 18.9 Å². The number of carbonyl (C=O) groups is 1. The maximum absolute atomic E-state index is 12.5. The number of amides is 1. The van der Waals surface area contributed by atoms with Gasteiger partial charge >= 0.3 is 0 Å². The summed E-state index contributed by atoms with van der Waals surface area (Å²) >= 11 is 0. The molecule has 1 aliphatic heterocycles. The van der Waals surface area contributed by atoms with Gasteiger partial charge in [0.2, 0.25) is 5.91 Å². The van der Waals surface area contributed by atoms with E-state index < -0.39 is 0 Å². The van der Waals surface area contributed by atoms with Crippen LogP contribution in [0, 0.1) is 0 Å². The third kappa shape index (κ3) is 4.90. The fraction of sp³-hybridized carbons (Fsp3) is 0.474. The molecule has 25 heavy (non-hydrogen) atoms. The molecule has 0 unspecified atom stereocenters. The maximum atomic E-state index is 12.5. The lowest BCUT2D eigenvalue weighted by atomic mass is 10.1. The van der Waals surface area contributed by atoms with Gasteiger partial charge in [-0.25, -0.2) is 4.98 Å². The molecule has 6 heteroatoms. The predicted octanol–water partition coefficient (Wildman–Crippen LogP) is 1.74. The molecule has 1 atom stereocenters. The number of nitrogens with zero attached hydrogens (tertiary/aromatic N) is 3. The van der Waals surface area contributed by atoms with Gasteiger partial charge in [-0.1, -0.05) is 30.3 Å². The molecule has 1 aromatic heterocycles. The molecular weight excluding hydrogens is 316 g/mol. The minimum Gasteiger partial charge on any atom is -0.379 e. The molecule has 0 saturated carbocycles. The number of hydrogen-bond acceptors (Lipinski definition) is 4. The zero-order chi connectivity index (χ0) is 17.5. The van der Waals surface area contributed by atoms with E-state index in [4.69, 9.17) is 4.74 Å². The van der Waals surface area contributed by atoms with Crippen LogP contribution in [0.25, 0.3) is 0 Å². The Hall–Kier alpha value is -2.18. The molecule has 3 rings (SSSR count). The van der Waals surface area contributed by atoms with Crippen molar-refractivity contribution in [2.24, 2.45) is 7.05 Å². The van der Waals surface area contributed by atoms with Crippen molar-refractivity contribution >= 4 is 5.91 Å². The van der Waals surface area contributed by atoms with Crippen molar-refractivity contribution in [3.8, 4) is 0 Å². The molecule has 1 aliphatic rings. The maximum Gasteiger partial charge on any atom is 0.220 e. The summed E-state index contributed by atoms with van der Waals surface area (Å²) in [4.78, 5) is 19.3. The topological polar surface area (TPSA) is 59.4 Å². The van der Waals surface area contributed by atoms with E-state index in [1.165, 1.54) is 0 Å². The number of nitrogens with one attached hydrogen (secondary N) is 1. The number of hydrogen-bond donors (Lipinski definition) is 1. The molecule has 1 amide bonds. The van der Waals surface area contributed by atoms with Gasteiger partial charge in [-0.3, -0.25) is 9.69 Å². The normalized spacial score (nSPS) is 16.5. The van der Waals surface area contributed by atoms with Crippen molar-refractivity contribution in [1.29, 1.82) is 0 Å². The number of ether oxygens (including phenoxy) is 1. The Morgan fingerprint density at radius 1 is 1.28 bits per heavy atom. The Morgan fingerprint density at radius 2 is 2.04 bits per heavy atom. The summed E-state index contributed by atoms with van der Waals surface area (Å²) in [6.45, 7) is 4.45. The Bertz CT molecular complexity index is 665. The second kappa shape index (κ2) is 8.78. The Labute approximate surface area is 148 Å². The number of morpholine rings is 1. The van der Waals surface area contributed by atoms with Gasteiger partial charge in [0.25, 0.3) is 0 Å². The van der Waals surface area contributed by atoms with Crippen LogP contribution in [-0.2, 0) is 16.6 Å². The van der Waals surface area contributed by atoms with E-state index >= 15 is 0 Å². The minimum atomic E-state index is -0.225. The quantitative estimate of drug-likeness (QED) is 0.833. The van der Waals surface area contributed by atoms with Gasteiger partial charge in [0.15, 0.2) is 0 Å². The summed E-state index contributed by atoms with van der Waals surface area (Å²) in [5.74, 6) is 0.901. The molecule has 1 fully saturated rings. The van der Waals surface area contributed by atoms with Gasteiger partial charge in [-0.2, -0.15) is 0 Å². The lowest BCUT2D eigenvalue weighted by molar-refractivity contribution is -0.121. The third-order valence-electron chi connectivity index (χ3n) is 4.54. The van der Waals surface area contributed by atoms with Gasteiger partial charge in [0, 0.05) is 39.0 Å². The van der Waals surface area contributed by atoms with E-state index in [0.29, 0.717) is 6.42 Å². The molecule has 0 bridgehead atoms. The van der Waals surface area contributed by atoms with Crippen molar-refractivity contribution in [3.05, 3.63) is 54.1 Å². The first-order valence-corrected chi connectivity index (χ1v) is 8.85. The minimum absolute atomic E-state index is 0.0603. The van der Waals surface area contributed by atoms with Crippen LogP contribution < -0.4 is 5.32 Å². The fourth-order valence-corrected chi connectivity index (χ4v) is 3.12. The van der Waals surface area contributed by atoms with E-state index in [-0.39, 0.29) is 11.9 Å². The molecule has 1 saturated heterocycles. The number of rotatable bonds is 7. The largest absolute Gasteiger partial charge is 0.379 e. The van der Waals surface area contributed by atoms with Crippen molar-refractivity contribution in [3.63, 3.8) is 0 Å². The number of benzene rings is 1. The van der Waals surface area contributed by atoms with Gasteiger partial charge in [-0.15, -0.1) is 0 Å². The lowest BCUT2D eigenvalue weighted by Crippen LogP contribution is -2.37. The molecule has 0 aliphatic carbocycles. The molecule has 6 nitrogen and oxygen atoms in total. The number of carbonyl (C=O) groups excluding carboxylic acids is 1. The molecule has 1 N–H and O–H groups in total. The fourth-order valence-electron chi connectivity index (χ4n) is 3.12. The van der Waals surface area contributed by atoms with Crippen molar-refractivity contribution in [1.82, 2.24) is 19.8 Å². The molecule has 1 aromatic carbocycles. The standard InChI is InChI=1S/C19H26N4O2/c1-22-11-9-20-19(22)18(16-6-3-2-4-7-16)21-17(24)8-5-10-23-12-14-25-15-13-23/h2-4,6-7,9,11,18H,5,8,10,12-15H2,1H3,(H,21,24)/t18-/m1/s1. The van der Waals surface area contributed by atoms with Crippen LogP contribution in [0.15, 0.2) is 42.7 Å². The smallest absolute Gasteiger partial charge is 0.220 e. The monoisotopic (exact) mass is 342 g/mol. The molecule has 0 spiro atoms. The Balaban J connectivity index is 1.58. The van der Waals surface area contributed by atoms with Crippen LogP contribution in [0.5, 0.6) is 0 Å². The average molecular weight is 342 g/mol. The van der Waals surface area contributed by atoms with Crippen LogP contribution in [0.2, 0.25) is 0 Å². The zero-order valence-electron chi connectivity index (χ0n) is 14.7. The van der Waals surface area contributed by atoms with Crippen LogP contribution in [0.1, 0.15) is 30.3 Å². The number of aromatic nitrogens is 2. The van der Waals surface area contributed by atoms with E-state index in [1.807, 2.05) is 48.1 Å². The van der Waals surface area contributed by atoms with E-state index in [0.717, 1.165) is 50.7 Å². The number of aryl methyl sites for hydroxylation is 1. The second-order valence-corrected chi connectivity index (χ2v) is 6.37.